The van der Waals surface area contributed by atoms with Crippen LogP contribution in [0.4, 0.5) is 0 Å². The minimum absolute atomic E-state index is 0.184. The molecule has 0 saturated carbocycles. The van der Waals surface area contributed by atoms with Crippen molar-refractivity contribution in [1.29, 1.82) is 0 Å². The van der Waals surface area contributed by atoms with Gasteiger partial charge in [0.2, 0.25) is 0 Å². The molecular formula is C48H58O2. The lowest BCUT2D eigenvalue weighted by atomic mass is 9.72. The Bertz CT molecular complexity index is 1930. The molecule has 5 aromatic carbocycles. The van der Waals surface area contributed by atoms with E-state index in [4.69, 9.17) is 4.74 Å². The summed E-state index contributed by atoms with van der Waals surface area (Å²) in [5.74, 6) is 1.88. The van der Waals surface area contributed by atoms with Crippen molar-refractivity contribution < 1.29 is 9.84 Å². The van der Waals surface area contributed by atoms with E-state index in [-0.39, 0.29) is 27.4 Å². The molecule has 50 heavy (non-hydrogen) atoms. The fraction of sp³-hybridized carbons (Fsp3) is 0.375. The van der Waals surface area contributed by atoms with Gasteiger partial charge in [0.25, 0.3) is 0 Å². The van der Waals surface area contributed by atoms with Gasteiger partial charge < -0.3 is 9.84 Å². The molecule has 0 fully saturated rings. The Morgan fingerprint density at radius 1 is 0.420 bits per heavy atom. The highest BCUT2D eigenvalue weighted by molar-refractivity contribution is 5.98. The Labute approximate surface area is 302 Å². The highest BCUT2D eigenvalue weighted by Gasteiger charge is 2.34. The van der Waals surface area contributed by atoms with E-state index in [0.29, 0.717) is 0 Å². The SMILES string of the molecule is Cc1cc(C(C)(C)C)c(Oc2c(-c3c(C(C)(C)C)cc(C)cc3C(C)(C)C)cc(O)c(-c3ccccc3)c2-c2ccccc2)c(C(C)(C)C)c1. The lowest BCUT2D eigenvalue weighted by Crippen LogP contribution is -2.21. The highest BCUT2D eigenvalue weighted by Crippen LogP contribution is 2.55. The summed E-state index contributed by atoms with van der Waals surface area (Å²) in [6.45, 7) is 31.7. The molecule has 0 heterocycles. The van der Waals surface area contributed by atoms with Crippen molar-refractivity contribution in [2.75, 3.05) is 0 Å². The van der Waals surface area contributed by atoms with Crippen LogP contribution >= 0.6 is 0 Å². The summed E-state index contributed by atoms with van der Waals surface area (Å²) in [6, 6.07) is 31.9. The van der Waals surface area contributed by atoms with E-state index in [1.54, 1.807) is 0 Å². The minimum Gasteiger partial charge on any atom is -0.507 e. The van der Waals surface area contributed by atoms with Gasteiger partial charge in [-0.05, 0) is 69.4 Å². The summed E-state index contributed by atoms with van der Waals surface area (Å²) in [6.07, 6.45) is 0. The van der Waals surface area contributed by atoms with Gasteiger partial charge >= 0.3 is 0 Å². The van der Waals surface area contributed by atoms with Gasteiger partial charge in [-0.25, -0.2) is 0 Å². The van der Waals surface area contributed by atoms with Crippen LogP contribution < -0.4 is 4.74 Å². The largest absolute Gasteiger partial charge is 0.507 e. The number of hydrogen-bond acceptors (Lipinski definition) is 2. The number of benzene rings is 5. The number of rotatable bonds is 5. The first-order valence-electron chi connectivity index (χ1n) is 18.1. The Morgan fingerprint density at radius 2 is 0.780 bits per heavy atom. The lowest BCUT2D eigenvalue weighted by Gasteiger charge is -2.34. The quantitative estimate of drug-likeness (QED) is 0.202. The Morgan fingerprint density at radius 3 is 1.16 bits per heavy atom. The summed E-state index contributed by atoms with van der Waals surface area (Å²) < 4.78 is 7.69. The van der Waals surface area contributed by atoms with Crippen LogP contribution in [-0.4, -0.2) is 5.11 Å². The molecule has 0 unspecified atom stereocenters. The third kappa shape index (κ3) is 7.41. The molecule has 0 saturated heterocycles. The Kier molecular flexibility index (Phi) is 9.69. The maximum Gasteiger partial charge on any atom is 0.144 e. The first kappa shape index (κ1) is 37.0. The molecule has 0 amide bonds. The molecule has 0 bridgehead atoms. The van der Waals surface area contributed by atoms with Crippen molar-refractivity contribution in [3.8, 4) is 50.6 Å². The summed E-state index contributed by atoms with van der Waals surface area (Å²) >= 11 is 0. The summed E-state index contributed by atoms with van der Waals surface area (Å²) in [5.41, 5.74) is 12.1. The Hall–Kier alpha value is -4.30. The fourth-order valence-electron chi connectivity index (χ4n) is 7.08. The Balaban J connectivity index is 2.09. The molecule has 0 aliphatic rings. The zero-order chi connectivity index (χ0) is 37.0. The topological polar surface area (TPSA) is 29.5 Å². The van der Waals surface area contributed by atoms with E-state index < -0.39 is 0 Å². The lowest BCUT2D eigenvalue weighted by molar-refractivity contribution is 0.432. The summed E-state index contributed by atoms with van der Waals surface area (Å²) in [4.78, 5) is 0. The summed E-state index contributed by atoms with van der Waals surface area (Å²) in [5, 5.41) is 12.3. The van der Waals surface area contributed by atoms with Crippen LogP contribution in [0.2, 0.25) is 0 Å². The second-order valence-corrected chi connectivity index (χ2v) is 18.3. The van der Waals surface area contributed by atoms with Crippen LogP contribution in [0, 0.1) is 13.8 Å². The van der Waals surface area contributed by atoms with E-state index >= 15 is 0 Å². The standard InChI is InChI=1S/C48H58O2/c1-30-25-35(45(3,4)5)42(36(26-30)46(6,7)8)34-29-39(49)40(32-21-17-15-18-22-32)41(33-23-19-16-20-24-33)43(34)50-44-37(47(9,10)11)27-31(2)28-38(44)48(12,13)14/h15-29,49H,1-14H3. The van der Waals surface area contributed by atoms with Gasteiger partial charge in [0.1, 0.15) is 17.2 Å². The van der Waals surface area contributed by atoms with Crippen molar-refractivity contribution in [1.82, 2.24) is 0 Å². The molecule has 0 aliphatic carbocycles. The molecule has 2 nitrogen and oxygen atoms in total. The normalized spacial score (nSPS) is 12.7. The monoisotopic (exact) mass is 666 g/mol. The average molecular weight is 667 g/mol. The molecule has 0 radical (unpaired) electrons. The van der Waals surface area contributed by atoms with Gasteiger partial charge in [0.15, 0.2) is 0 Å². The van der Waals surface area contributed by atoms with E-state index in [9.17, 15) is 5.11 Å². The van der Waals surface area contributed by atoms with Crippen molar-refractivity contribution in [2.45, 2.75) is 119 Å². The first-order chi connectivity index (χ1) is 23.1. The van der Waals surface area contributed by atoms with Crippen LogP contribution in [0.1, 0.15) is 116 Å². The second-order valence-electron chi connectivity index (χ2n) is 18.3. The van der Waals surface area contributed by atoms with Crippen LogP contribution in [-0.2, 0) is 21.7 Å². The van der Waals surface area contributed by atoms with Gasteiger partial charge in [-0.15, -0.1) is 0 Å². The smallest absolute Gasteiger partial charge is 0.144 e. The van der Waals surface area contributed by atoms with Gasteiger partial charge in [-0.1, -0.05) is 179 Å². The van der Waals surface area contributed by atoms with E-state index in [0.717, 1.165) is 56.0 Å². The van der Waals surface area contributed by atoms with Gasteiger partial charge in [-0.2, -0.15) is 0 Å². The third-order valence-electron chi connectivity index (χ3n) is 9.61. The predicted octanol–water partition coefficient (Wildman–Crippen LogP) is 14.0. The van der Waals surface area contributed by atoms with Crippen molar-refractivity contribution in [3.63, 3.8) is 0 Å². The van der Waals surface area contributed by atoms with Gasteiger partial charge in [0.05, 0.1) is 0 Å². The number of phenols is 1. The summed E-state index contributed by atoms with van der Waals surface area (Å²) in [7, 11) is 0. The molecule has 0 aliphatic heterocycles. The fourth-order valence-corrected chi connectivity index (χ4v) is 7.08. The van der Waals surface area contributed by atoms with Crippen molar-refractivity contribution in [2.24, 2.45) is 0 Å². The molecule has 262 valence electrons. The molecule has 5 rings (SSSR count). The van der Waals surface area contributed by atoms with Gasteiger partial charge in [-0.3, -0.25) is 0 Å². The average Bonchev–Trinajstić information content (AvgIpc) is 3.00. The number of aryl methyl sites for hydroxylation is 2. The van der Waals surface area contributed by atoms with Crippen LogP contribution in [0.15, 0.2) is 91.0 Å². The first-order valence-corrected chi connectivity index (χ1v) is 18.1. The molecule has 1 N–H and O–H groups in total. The molecule has 0 spiro atoms. The van der Waals surface area contributed by atoms with E-state index in [1.807, 2.05) is 30.3 Å². The maximum atomic E-state index is 12.3. The zero-order valence-electron chi connectivity index (χ0n) is 33.0. The number of ether oxygens (including phenoxy) is 1. The van der Waals surface area contributed by atoms with Crippen LogP contribution in [0.3, 0.4) is 0 Å². The van der Waals surface area contributed by atoms with Crippen LogP contribution in [0.25, 0.3) is 33.4 Å². The molecular weight excluding hydrogens is 609 g/mol. The van der Waals surface area contributed by atoms with Crippen LogP contribution in [0.5, 0.6) is 17.2 Å². The molecule has 2 heteroatoms. The van der Waals surface area contributed by atoms with Gasteiger partial charge in [0, 0.05) is 27.8 Å². The molecule has 0 aromatic heterocycles. The number of phenolic OH excluding ortho intramolecular Hbond substituents is 1. The second kappa shape index (κ2) is 13.1. The number of hydrogen-bond donors (Lipinski definition) is 1. The number of aromatic hydroxyl groups is 1. The maximum absolute atomic E-state index is 12.3. The highest BCUT2D eigenvalue weighted by atomic mass is 16.5. The predicted molar refractivity (Wildman–Crippen MR) is 215 cm³/mol. The van der Waals surface area contributed by atoms with Crippen molar-refractivity contribution >= 4 is 0 Å². The van der Waals surface area contributed by atoms with E-state index in [2.05, 4.69) is 158 Å². The third-order valence-corrected chi connectivity index (χ3v) is 9.61. The minimum atomic E-state index is -0.190. The zero-order valence-corrected chi connectivity index (χ0v) is 33.0. The molecule has 0 atom stereocenters. The van der Waals surface area contributed by atoms with Crippen molar-refractivity contribution in [3.05, 3.63) is 124 Å². The van der Waals surface area contributed by atoms with E-state index in [1.165, 1.54) is 22.3 Å². The molecule has 5 aromatic rings.